The maximum absolute atomic E-state index is 12.8. The van der Waals surface area contributed by atoms with Gasteiger partial charge < -0.3 is 9.80 Å². The topological polar surface area (TPSA) is 97.0 Å². The van der Waals surface area contributed by atoms with E-state index in [1.165, 1.54) is 18.3 Å². The van der Waals surface area contributed by atoms with Crippen LogP contribution in [0.3, 0.4) is 0 Å². The number of allylic oxidation sites excluding steroid dienone is 1. The summed E-state index contributed by atoms with van der Waals surface area (Å²) in [5.41, 5.74) is 1.08. The van der Waals surface area contributed by atoms with Crippen LogP contribution in [0.5, 0.6) is 0 Å². The van der Waals surface area contributed by atoms with Crippen LogP contribution in [0.25, 0.3) is 0 Å². The van der Waals surface area contributed by atoms with Gasteiger partial charge in [0.05, 0.1) is 23.7 Å². The van der Waals surface area contributed by atoms with E-state index in [1.807, 2.05) is 11.8 Å². The molecule has 0 aliphatic carbocycles. The first-order chi connectivity index (χ1) is 15.5. The van der Waals surface area contributed by atoms with Gasteiger partial charge in [-0.2, -0.15) is 13.2 Å². The number of nitrogens with zero attached hydrogens (tertiary/aromatic N) is 4. The summed E-state index contributed by atoms with van der Waals surface area (Å²) >= 11 is 0. The molecule has 2 aromatic rings. The highest BCUT2D eigenvalue weighted by atomic mass is 19.4. The molecule has 10 heteroatoms. The summed E-state index contributed by atoms with van der Waals surface area (Å²) in [7, 11) is 0. The highest BCUT2D eigenvalue weighted by Gasteiger charge is 2.30. The van der Waals surface area contributed by atoms with Crippen LogP contribution in [-0.4, -0.2) is 58.4 Å². The maximum atomic E-state index is 12.8. The molecule has 1 fully saturated rings. The number of hydrogen-bond donors (Lipinski definition) is 2. The first kappa shape index (κ1) is 24.1. The third kappa shape index (κ3) is 5.27. The lowest BCUT2D eigenvalue weighted by atomic mass is 9.97. The first-order valence-corrected chi connectivity index (χ1v) is 10.3. The van der Waals surface area contributed by atoms with E-state index < -0.39 is 11.7 Å². The smallest absolute Gasteiger partial charge is 0.353 e. The largest absolute Gasteiger partial charge is 0.416 e. The minimum atomic E-state index is -4.43. The van der Waals surface area contributed by atoms with Gasteiger partial charge in [-0.25, -0.2) is 9.97 Å². The molecule has 33 heavy (non-hydrogen) atoms. The third-order valence-electron chi connectivity index (χ3n) is 5.81. The van der Waals surface area contributed by atoms with Crippen LogP contribution in [0.4, 0.5) is 19.0 Å². The average molecular weight is 458 g/mol. The molecular formula is C23H25F3N6O. The average Bonchev–Trinajstić information content (AvgIpc) is 2.81. The molecule has 2 N–H and O–H groups in total. The Bertz CT molecular complexity index is 1080. The summed E-state index contributed by atoms with van der Waals surface area (Å²) in [6.07, 6.45) is -0.807. The van der Waals surface area contributed by atoms with Gasteiger partial charge in [-0.15, -0.1) is 0 Å². The molecule has 2 heterocycles. The monoisotopic (exact) mass is 458 g/mol. The molecule has 7 nitrogen and oxygen atoms in total. The van der Waals surface area contributed by atoms with Crippen molar-refractivity contribution in [3.05, 3.63) is 64.6 Å². The number of halogens is 3. The molecular weight excluding hydrogens is 433 g/mol. The fraction of sp³-hybridized carbons (Fsp3) is 0.348. The summed E-state index contributed by atoms with van der Waals surface area (Å²) in [6, 6.07) is 4.51. The molecule has 1 aromatic carbocycles. The fourth-order valence-corrected chi connectivity index (χ4v) is 3.69. The molecule has 1 atom stereocenters. The Hall–Kier alpha value is -3.56. The van der Waals surface area contributed by atoms with Gasteiger partial charge >= 0.3 is 6.18 Å². The summed E-state index contributed by atoms with van der Waals surface area (Å²) in [5, 5.41) is 17.1. The number of anilines is 1. The Morgan fingerprint density at radius 1 is 1.06 bits per heavy atom. The van der Waals surface area contributed by atoms with Crippen LogP contribution in [0, 0.1) is 10.8 Å². The Morgan fingerprint density at radius 2 is 1.73 bits per heavy atom. The number of alkyl halides is 3. The molecule has 0 amide bonds. The number of carbonyl (C=O) groups excluding carboxylic acids is 1. The quantitative estimate of drug-likeness (QED) is 0.398. The van der Waals surface area contributed by atoms with Crippen molar-refractivity contribution in [1.82, 2.24) is 14.9 Å². The van der Waals surface area contributed by atoms with Crippen LogP contribution < -0.4 is 4.90 Å². The van der Waals surface area contributed by atoms with E-state index in [-0.39, 0.29) is 23.3 Å². The lowest BCUT2D eigenvalue weighted by Gasteiger charge is -2.41. The number of aromatic nitrogens is 2. The molecule has 1 aromatic heterocycles. The number of rotatable bonds is 5. The molecule has 0 spiro atoms. The van der Waals surface area contributed by atoms with Gasteiger partial charge in [-0.05, 0) is 49.6 Å². The van der Waals surface area contributed by atoms with Gasteiger partial charge in [0.15, 0.2) is 6.29 Å². The molecule has 1 saturated heterocycles. The minimum Gasteiger partial charge on any atom is -0.353 e. The molecule has 174 valence electrons. The SMILES string of the molecule is C/C(C(=N)c1ccc(C(F)(F)F)cc1)=C(\C)C(=N)N1CCN(c2cnc(C=O)cn2)C(C)C1. The van der Waals surface area contributed by atoms with Gasteiger partial charge in [0, 0.05) is 25.7 Å². The number of carbonyl (C=O) groups is 1. The predicted molar refractivity (Wildman–Crippen MR) is 120 cm³/mol. The molecule has 1 aliphatic heterocycles. The van der Waals surface area contributed by atoms with Crippen molar-refractivity contribution in [2.24, 2.45) is 0 Å². The third-order valence-corrected chi connectivity index (χ3v) is 5.81. The molecule has 1 aliphatic rings. The first-order valence-electron chi connectivity index (χ1n) is 10.3. The number of aldehydes is 1. The van der Waals surface area contributed by atoms with Crippen molar-refractivity contribution in [1.29, 1.82) is 10.8 Å². The van der Waals surface area contributed by atoms with Gasteiger partial charge in [-0.3, -0.25) is 15.6 Å². The second-order valence-electron chi connectivity index (χ2n) is 7.95. The fourth-order valence-electron chi connectivity index (χ4n) is 3.69. The van der Waals surface area contributed by atoms with Gasteiger partial charge in [0.1, 0.15) is 17.3 Å². The van der Waals surface area contributed by atoms with Crippen LogP contribution in [0.1, 0.15) is 42.4 Å². The molecule has 1 unspecified atom stereocenters. The normalized spacial score (nSPS) is 17.5. The van der Waals surface area contributed by atoms with E-state index >= 15 is 0 Å². The lowest BCUT2D eigenvalue weighted by molar-refractivity contribution is -0.137. The van der Waals surface area contributed by atoms with Crippen molar-refractivity contribution in [2.75, 3.05) is 24.5 Å². The van der Waals surface area contributed by atoms with Gasteiger partial charge in [0.2, 0.25) is 0 Å². The second kappa shape index (κ2) is 9.51. The zero-order valence-corrected chi connectivity index (χ0v) is 18.6. The van der Waals surface area contributed by atoms with Crippen molar-refractivity contribution >= 4 is 23.7 Å². The molecule has 3 rings (SSSR count). The summed E-state index contributed by atoms with van der Waals surface area (Å²) in [5.74, 6) is 0.935. The highest BCUT2D eigenvalue weighted by Crippen LogP contribution is 2.29. The Labute approximate surface area is 190 Å². The van der Waals surface area contributed by atoms with Crippen LogP contribution in [0.2, 0.25) is 0 Å². The highest BCUT2D eigenvalue weighted by molar-refractivity contribution is 6.14. The van der Waals surface area contributed by atoms with E-state index in [1.54, 1.807) is 20.0 Å². The standard InChI is InChI=1S/C23H25F3N6O/c1-14-12-31(8-9-32(14)20-11-29-19(13-33)10-30-20)22(28)16(3)15(2)21(27)17-4-6-18(7-5-17)23(24,25)26/h4-7,10-11,13-14,27-28H,8-9,12H2,1-3H3/b16-15-,27-21?,28-22?. The van der Waals surface area contributed by atoms with Crippen LogP contribution in [-0.2, 0) is 6.18 Å². The van der Waals surface area contributed by atoms with Crippen molar-refractivity contribution in [3.8, 4) is 0 Å². The van der Waals surface area contributed by atoms with E-state index in [2.05, 4.69) is 14.9 Å². The van der Waals surface area contributed by atoms with Crippen molar-refractivity contribution in [2.45, 2.75) is 33.0 Å². The minimum absolute atomic E-state index is 0.0259. The summed E-state index contributed by atoms with van der Waals surface area (Å²) in [6.45, 7) is 7.16. The van der Waals surface area contributed by atoms with E-state index in [4.69, 9.17) is 10.8 Å². The van der Waals surface area contributed by atoms with E-state index in [9.17, 15) is 18.0 Å². The zero-order valence-electron chi connectivity index (χ0n) is 18.6. The van der Waals surface area contributed by atoms with Gasteiger partial charge in [0.25, 0.3) is 0 Å². The number of amidine groups is 1. The van der Waals surface area contributed by atoms with Gasteiger partial charge in [-0.1, -0.05) is 12.1 Å². The molecule has 0 saturated carbocycles. The van der Waals surface area contributed by atoms with E-state index in [0.29, 0.717) is 48.4 Å². The number of benzene rings is 1. The van der Waals surface area contributed by atoms with Crippen molar-refractivity contribution < 1.29 is 18.0 Å². The maximum Gasteiger partial charge on any atom is 0.416 e. The summed E-state index contributed by atoms with van der Waals surface area (Å²) < 4.78 is 38.4. The predicted octanol–water partition coefficient (Wildman–Crippen LogP) is 4.20. The Morgan fingerprint density at radius 3 is 2.24 bits per heavy atom. The molecule has 0 bridgehead atoms. The number of nitrogens with one attached hydrogen (secondary N) is 2. The number of hydrogen-bond acceptors (Lipinski definition) is 6. The van der Waals surface area contributed by atoms with Crippen LogP contribution in [0.15, 0.2) is 47.8 Å². The number of piperazine rings is 1. The molecule has 0 radical (unpaired) electrons. The van der Waals surface area contributed by atoms with E-state index in [0.717, 1.165) is 12.1 Å². The zero-order chi connectivity index (χ0) is 24.3. The Balaban J connectivity index is 1.70. The summed E-state index contributed by atoms with van der Waals surface area (Å²) in [4.78, 5) is 23.1. The second-order valence-corrected chi connectivity index (χ2v) is 7.95. The Kier molecular flexibility index (Phi) is 6.95. The lowest BCUT2D eigenvalue weighted by Crippen LogP contribution is -2.54. The van der Waals surface area contributed by atoms with Crippen LogP contribution >= 0.6 is 0 Å². The van der Waals surface area contributed by atoms with Crippen molar-refractivity contribution in [3.63, 3.8) is 0 Å².